The fraction of sp³-hybridized carbons (Fsp3) is 0.375. The van der Waals surface area contributed by atoms with E-state index in [1.807, 2.05) is 44.2 Å². The molecule has 1 unspecified atom stereocenters. The second kappa shape index (κ2) is 6.59. The van der Waals surface area contributed by atoms with Gasteiger partial charge in [0, 0.05) is 11.1 Å². The van der Waals surface area contributed by atoms with Crippen LogP contribution in [0.5, 0.6) is 5.75 Å². The molecule has 0 fully saturated rings. The van der Waals surface area contributed by atoms with E-state index in [-0.39, 0.29) is 6.04 Å². The second-order valence-electron chi connectivity index (χ2n) is 4.85. The predicted octanol–water partition coefficient (Wildman–Crippen LogP) is 3.24. The van der Waals surface area contributed by atoms with Crippen LogP contribution in [0.3, 0.4) is 0 Å². The van der Waals surface area contributed by atoms with Crippen LogP contribution in [0.4, 0.5) is 0 Å². The van der Waals surface area contributed by atoms with E-state index in [0.29, 0.717) is 6.61 Å². The molecule has 108 valence electrons. The van der Waals surface area contributed by atoms with Crippen molar-refractivity contribution < 1.29 is 9.15 Å². The average Bonchev–Trinajstić information content (AvgIpc) is 2.77. The number of hydrazine groups is 1. The number of aryl methyl sites for hydroxylation is 2. The lowest BCUT2D eigenvalue weighted by atomic mass is 9.98. The summed E-state index contributed by atoms with van der Waals surface area (Å²) in [6, 6.07) is 9.82. The van der Waals surface area contributed by atoms with E-state index in [2.05, 4.69) is 12.3 Å². The van der Waals surface area contributed by atoms with E-state index >= 15 is 0 Å². The van der Waals surface area contributed by atoms with Crippen LogP contribution in [-0.2, 0) is 0 Å². The molecule has 0 aliphatic heterocycles. The zero-order valence-corrected chi connectivity index (χ0v) is 12.3. The standard InChI is InChI=1S/C16H22N2O2/c1-4-9-19-15-8-6-5-7-13(15)16(18-17)14-10-11(2)20-12(14)3/h5-8,10,16,18H,4,9,17H2,1-3H3. The summed E-state index contributed by atoms with van der Waals surface area (Å²) in [4.78, 5) is 0. The van der Waals surface area contributed by atoms with Crippen LogP contribution in [-0.4, -0.2) is 6.61 Å². The summed E-state index contributed by atoms with van der Waals surface area (Å²) in [7, 11) is 0. The van der Waals surface area contributed by atoms with Gasteiger partial charge in [-0.2, -0.15) is 0 Å². The molecule has 4 nitrogen and oxygen atoms in total. The van der Waals surface area contributed by atoms with Gasteiger partial charge in [0.05, 0.1) is 12.6 Å². The number of rotatable bonds is 6. The van der Waals surface area contributed by atoms with Gasteiger partial charge in [0.25, 0.3) is 0 Å². The molecule has 0 saturated heterocycles. The molecule has 20 heavy (non-hydrogen) atoms. The average molecular weight is 274 g/mol. The van der Waals surface area contributed by atoms with Gasteiger partial charge in [0.1, 0.15) is 17.3 Å². The van der Waals surface area contributed by atoms with Crippen LogP contribution >= 0.6 is 0 Å². The first-order valence-corrected chi connectivity index (χ1v) is 6.92. The Hall–Kier alpha value is -1.78. The van der Waals surface area contributed by atoms with E-state index in [0.717, 1.165) is 34.8 Å². The van der Waals surface area contributed by atoms with Crippen molar-refractivity contribution >= 4 is 0 Å². The number of hydrogen-bond acceptors (Lipinski definition) is 4. The third kappa shape index (κ3) is 3.03. The lowest BCUT2D eigenvalue weighted by Crippen LogP contribution is -2.29. The molecule has 0 saturated carbocycles. The summed E-state index contributed by atoms with van der Waals surface area (Å²) in [5.74, 6) is 8.37. The Morgan fingerprint density at radius 2 is 2.00 bits per heavy atom. The van der Waals surface area contributed by atoms with Crippen molar-refractivity contribution in [2.45, 2.75) is 33.2 Å². The van der Waals surface area contributed by atoms with Gasteiger partial charge in [-0.05, 0) is 32.4 Å². The summed E-state index contributed by atoms with van der Waals surface area (Å²) in [6.07, 6.45) is 0.971. The minimum absolute atomic E-state index is 0.138. The molecular formula is C16H22N2O2. The van der Waals surface area contributed by atoms with Crippen LogP contribution in [0, 0.1) is 13.8 Å². The number of para-hydroxylation sites is 1. The number of nitrogens with one attached hydrogen (secondary N) is 1. The van der Waals surface area contributed by atoms with Crippen LogP contribution in [0.15, 0.2) is 34.7 Å². The van der Waals surface area contributed by atoms with E-state index in [4.69, 9.17) is 15.0 Å². The van der Waals surface area contributed by atoms with Crippen molar-refractivity contribution in [2.75, 3.05) is 6.61 Å². The number of ether oxygens (including phenoxy) is 1. The van der Waals surface area contributed by atoms with E-state index in [1.54, 1.807) is 0 Å². The molecule has 0 spiro atoms. The molecule has 3 N–H and O–H groups in total. The Balaban J connectivity index is 2.39. The maximum Gasteiger partial charge on any atom is 0.124 e. The van der Waals surface area contributed by atoms with Crippen LogP contribution < -0.4 is 16.0 Å². The maximum atomic E-state index is 5.81. The van der Waals surface area contributed by atoms with Gasteiger partial charge in [-0.15, -0.1) is 0 Å². The summed E-state index contributed by atoms with van der Waals surface area (Å²) in [6.45, 7) is 6.66. The zero-order valence-electron chi connectivity index (χ0n) is 12.3. The third-order valence-corrected chi connectivity index (χ3v) is 3.25. The van der Waals surface area contributed by atoms with Crippen molar-refractivity contribution in [3.05, 3.63) is 53.0 Å². The molecule has 1 aromatic heterocycles. The lowest BCUT2D eigenvalue weighted by molar-refractivity contribution is 0.311. The Morgan fingerprint density at radius 1 is 1.25 bits per heavy atom. The quantitative estimate of drug-likeness (QED) is 0.627. The van der Waals surface area contributed by atoms with Gasteiger partial charge >= 0.3 is 0 Å². The van der Waals surface area contributed by atoms with Crippen molar-refractivity contribution in [3.8, 4) is 5.75 Å². The van der Waals surface area contributed by atoms with Crippen molar-refractivity contribution in [1.29, 1.82) is 0 Å². The summed E-state index contributed by atoms with van der Waals surface area (Å²) in [5, 5.41) is 0. The van der Waals surface area contributed by atoms with E-state index in [9.17, 15) is 0 Å². The molecule has 0 bridgehead atoms. The highest BCUT2D eigenvalue weighted by Crippen LogP contribution is 2.32. The number of furan rings is 1. The normalized spacial score (nSPS) is 12.4. The molecule has 1 aromatic carbocycles. The molecule has 0 aliphatic rings. The molecule has 1 heterocycles. The van der Waals surface area contributed by atoms with Crippen LogP contribution in [0.2, 0.25) is 0 Å². The minimum atomic E-state index is -0.138. The molecule has 0 radical (unpaired) electrons. The van der Waals surface area contributed by atoms with Crippen molar-refractivity contribution in [3.63, 3.8) is 0 Å². The predicted molar refractivity (Wildman–Crippen MR) is 79.6 cm³/mol. The Morgan fingerprint density at radius 3 is 2.60 bits per heavy atom. The maximum absolute atomic E-state index is 5.81. The van der Waals surface area contributed by atoms with Gasteiger partial charge in [-0.25, -0.2) is 5.43 Å². The molecule has 0 amide bonds. The fourth-order valence-corrected chi connectivity index (χ4v) is 2.35. The zero-order chi connectivity index (χ0) is 14.5. The van der Waals surface area contributed by atoms with Gasteiger partial charge in [0.15, 0.2) is 0 Å². The summed E-state index contributed by atoms with van der Waals surface area (Å²) in [5.41, 5.74) is 4.93. The highest BCUT2D eigenvalue weighted by Gasteiger charge is 2.21. The lowest BCUT2D eigenvalue weighted by Gasteiger charge is -2.19. The Bertz CT molecular complexity index is 563. The molecule has 1 atom stereocenters. The summed E-state index contributed by atoms with van der Waals surface area (Å²) < 4.78 is 11.4. The van der Waals surface area contributed by atoms with Crippen LogP contribution in [0.1, 0.15) is 42.0 Å². The molecule has 0 aliphatic carbocycles. The highest BCUT2D eigenvalue weighted by atomic mass is 16.5. The van der Waals surface area contributed by atoms with Crippen molar-refractivity contribution in [2.24, 2.45) is 5.84 Å². The second-order valence-corrected chi connectivity index (χ2v) is 4.85. The summed E-state index contributed by atoms with van der Waals surface area (Å²) >= 11 is 0. The monoisotopic (exact) mass is 274 g/mol. The highest BCUT2D eigenvalue weighted by molar-refractivity contribution is 5.42. The SMILES string of the molecule is CCCOc1ccccc1C(NN)c1cc(C)oc1C. The number of hydrogen-bond donors (Lipinski definition) is 2. The third-order valence-electron chi connectivity index (χ3n) is 3.25. The van der Waals surface area contributed by atoms with Gasteiger partial charge in [0.2, 0.25) is 0 Å². The largest absolute Gasteiger partial charge is 0.493 e. The number of benzene rings is 1. The van der Waals surface area contributed by atoms with Crippen molar-refractivity contribution in [1.82, 2.24) is 5.43 Å². The fourth-order valence-electron chi connectivity index (χ4n) is 2.35. The topological polar surface area (TPSA) is 60.4 Å². The van der Waals surface area contributed by atoms with Crippen LogP contribution in [0.25, 0.3) is 0 Å². The molecule has 2 aromatic rings. The molecule has 4 heteroatoms. The first kappa shape index (κ1) is 14.6. The first-order chi connectivity index (χ1) is 9.67. The smallest absolute Gasteiger partial charge is 0.124 e. The Kier molecular flexibility index (Phi) is 4.82. The van der Waals surface area contributed by atoms with Gasteiger partial charge in [-0.1, -0.05) is 25.1 Å². The number of nitrogens with two attached hydrogens (primary N) is 1. The minimum Gasteiger partial charge on any atom is -0.493 e. The van der Waals surface area contributed by atoms with E-state index < -0.39 is 0 Å². The molecular weight excluding hydrogens is 252 g/mol. The van der Waals surface area contributed by atoms with Gasteiger partial charge < -0.3 is 9.15 Å². The Labute approximate surface area is 119 Å². The van der Waals surface area contributed by atoms with E-state index in [1.165, 1.54) is 0 Å². The molecule has 2 rings (SSSR count). The first-order valence-electron chi connectivity index (χ1n) is 6.92. The van der Waals surface area contributed by atoms with Gasteiger partial charge in [-0.3, -0.25) is 5.84 Å².